The molecule has 0 heterocycles. The van der Waals surface area contributed by atoms with Crippen LogP contribution < -0.4 is 0 Å². The van der Waals surface area contributed by atoms with Gasteiger partial charge in [0.05, 0.1) is 6.10 Å². The van der Waals surface area contributed by atoms with Gasteiger partial charge in [0.1, 0.15) is 0 Å². The average Bonchev–Trinajstić information content (AvgIpc) is 2.31. The van der Waals surface area contributed by atoms with Crippen molar-refractivity contribution in [3.05, 3.63) is 0 Å². The Hall–Kier alpha value is -0.570. The minimum Gasteiger partial charge on any atom is -0.439 e. The van der Waals surface area contributed by atoms with Crippen LogP contribution in [0, 0.1) is 0 Å². The van der Waals surface area contributed by atoms with Crippen molar-refractivity contribution < 1.29 is 14.3 Å². The molecular weight excluding hydrogens is 228 g/mol. The monoisotopic (exact) mass is 256 g/mol. The fraction of sp³-hybridized carbons (Fsp3) is 0.933. The molecule has 3 heteroatoms. The zero-order valence-electron chi connectivity index (χ0n) is 11.8. The number of hydrogen-bond donors (Lipinski definition) is 0. The summed E-state index contributed by atoms with van der Waals surface area (Å²) >= 11 is 0. The van der Waals surface area contributed by atoms with Crippen molar-refractivity contribution in [2.24, 2.45) is 0 Å². The first kappa shape index (κ1) is 15.5. The Morgan fingerprint density at radius 2 is 1.33 bits per heavy atom. The van der Waals surface area contributed by atoms with Gasteiger partial charge >= 0.3 is 5.97 Å². The summed E-state index contributed by atoms with van der Waals surface area (Å²) in [7, 11) is 0. The van der Waals surface area contributed by atoms with Gasteiger partial charge in [-0.3, -0.25) is 4.79 Å². The highest BCUT2D eigenvalue weighted by molar-refractivity contribution is 5.65. The summed E-state index contributed by atoms with van der Waals surface area (Å²) in [6.45, 7) is 1.55. The van der Waals surface area contributed by atoms with E-state index >= 15 is 0 Å². The van der Waals surface area contributed by atoms with Crippen molar-refractivity contribution in [1.82, 2.24) is 0 Å². The third-order valence-corrected chi connectivity index (χ3v) is 3.62. The third kappa shape index (κ3) is 8.51. The summed E-state index contributed by atoms with van der Waals surface area (Å²) in [5, 5.41) is 0. The maximum absolute atomic E-state index is 10.7. The summed E-state index contributed by atoms with van der Waals surface area (Å²) in [6, 6.07) is 0. The molecule has 18 heavy (non-hydrogen) atoms. The van der Waals surface area contributed by atoms with E-state index in [1.165, 1.54) is 64.7 Å². The van der Waals surface area contributed by atoms with E-state index in [0.29, 0.717) is 0 Å². The second kappa shape index (κ2) is 10.4. The van der Waals surface area contributed by atoms with Crippen LogP contribution in [-0.2, 0) is 14.3 Å². The smallest absolute Gasteiger partial charge is 0.304 e. The Morgan fingerprint density at radius 1 is 0.889 bits per heavy atom. The molecule has 0 aromatic rings. The number of ether oxygens (including phenoxy) is 2. The number of hydrogen-bond acceptors (Lipinski definition) is 3. The molecule has 0 saturated heterocycles. The zero-order chi connectivity index (χ0) is 13.1. The quantitative estimate of drug-likeness (QED) is 0.561. The van der Waals surface area contributed by atoms with Crippen LogP contribution in [0.3, 0.4) is 0 Å². The molecule has 1 rings (SSSR count). The predicted octanol–water partition coefficient (Wildman–Crippen LogP) is 4.20. The standard InChI is InChI=1S/C15H28O3/c1-14(16)17-13-18-15-11-9-7-5-3-2-4-6-8-10-12-15/h15H,2-13H2,1H3. The zero-order valence-corrected chi connectivity index (χ0v) is 11.8. The maximum atomic E-state index is 10.7. The van der Waals surface area contributed by atoms with Crippen LogP contribution in [0.4, 0.5) is 0 Å². The molecule has 0 aliphatic heterocycles. The summed E-state index contributed by atoms with van der Waals surface area (Å²) in [6.07, 6.45) is 14.5. The van der Waals surface area contributed by atoms with E-state index in [0.717, 1.165) is 12.8 Å². The molecule has 0 amide bonds. The number of esters is 1. The van der Waals surface area contributed by atoms with Crippen molar-refractivity contribution in [3.8, 4) is 0 Å². The van der Waals surface area contributed by atoms with Crippen molar-refractivity contribution in [3.63, 3.8) is 0 Å². The summed E-state index contributed by atoms with van der Waals surface area (Å²) in [5.74, 6) is -0.261. The van der Waals surface area contributed by atoms with Crippen LogP contribution in [0.1, 0.15) is 77.6 Å². The number of rotatable bonds is 3. The molecule has 1 saturated carbocycles. The molecule has 1 fully saturated rings. The van der Waals surface area contributed by atoms with Gasteiger partial charge in [0.2, 0.25) is 0 Å². The van der Waals surface area contributed by atoms with Gasteiger partial charge in [-0.2, -0.15) is 0 Å². The fourth-order valence-electron chi connectivity index (χ4n) is 2.51. The SMILES string of the molecule is CC(=O)OCOC1CCCCCCCCCCC1. The number of carbonyl (C=O) groups is 1. The minimum atomic E-state index is -0.261. The lowest BCUT2D eigenvalue weighted by Gasteiger charge is -2.18. The van der Waals surface area contributed by atoms with Crippen LogP contribution in [0.5, 0.6) is 0 Å². The van der Waals surface area contributed by atoms with Crippen LogP contribution in [0.15, 0.2) is 0 Å². The van der Waals surface area contributed by atoms with Crippen molar-refractivity contribution in [1.29, 1.82) is 0 Å². The van der Waals surface area contributed by atoms with Crippen molar-refractivity contribution >= 4 is 5.97 Å². The molecule has 0 aromatic carbocycles. The lowest BCUT2D eigenvalue weighted by Crippen LogP contribution is -2.16. The molecule has 1 aliphatic carbocycles. The first-order valence-electron chi connectivity index (χ1n) is 7.54. The molecule has 1 aliphatic rings. The summed E-state index contributed by atoms with van der Waals surface area (Å²) in [5.41, 5.74) is 0. The van der Waals surface area contributed by atoms with Gasteiger partial charge < -0.3 is 9.47 Å². The highest BCUT2D eigenvalue weighted by atomic mass is 16.7. The Labute approximate surface area is 111 Å². The van der Waals surface area contributed by atoms with Gasteiger partial charge in [-0.15, -0.1) is 0 Å². The Bertz CT molecular complexity index is 204. The molecule has 0 N–H and O–H groups in total. The van der Waals surface area contributed by atoms with E-state index in [1.807, 2.05) is 0 Å². The first-order chi connectivity index (χ1) is 8.79. The largest absolute Gasteiger partial charge is 0.439 e. The Balaban J connectivity index is 2.20. The van der Waals surface area contributed by atoms with Gasteiger partial charge in [0, 0.05) is 6.92 Å². The molecule has 0 radical (unpaired) electrons. The van der Waals surface area contributed by atoms with Crippen molar-refractivity contribution in [2.75, 3.05) is 6.79 Å². The minimum absolute atomic E-state index is 0.125. The normalized spacial score (nSPS) is 20.7. The Kier molecular flexibility index (Phi) is 8.92. The van der Waals surface area contributed by atoms with Gasteiger partial charge in [-0.1, -0.05) is 57.8 Å². The summed E-state index contributed by atoms with van der Waals surface area (Å²) in [4.78, 5) is 10.7. The second-order valence-electron chi connectivity index (χ2n) is 5.30. The highest BCUT2D eigenvalue weighted by Crippen LogP contribution is 2.18. The van der Waals surface area contributed by atoms with E-state index in [4.69, 9.17) is 9.47 Å². The van der Waals surface area contributed by atoms with Crippen molar-refractivity contribution in [2.45, 2.75) is 83.7 Å². The fourth-order valence-corrected chi connectivity index (χ4v) is 2.51. The molecule has 0 bridgehead atoms. The van der Waals surface area contributed by atoms with E-state index in [1.54, 1.807) is 0 Å². The lowest BCUT2D eigenvalue weighted by atomic mass is 9.99. The lowest BCUT2D eigenvalue weighted by molar-refractivity contribution is -0.158. The molecular formula is C15H28O3. The average molecular weight is 256 g/mol. The Morgan fingerprint density at radius 3 is 1.78 bits per heavy atom. The molecule has 106 valence electrons. The van der Waals surface area contributed by atoms with Crippen LogP contribution in [-0.4, -0.2) is 18.9 Å². The topological polar surface area (TPSA) is 35.5 Å². The van der Waals surface area contributed by atoms with E-state index in [9.17, 15) is 4.79 Å². The van der Waals surface area contributed by atoms with Gasteiger partial charge in [-0.25, -0.2) is 0 Å². The molecule has 3 nitrogen and oxygen atoms in total. The summed E-state index contributed by atoms with van der Waals surface area (Å²) < 4.78 is 10.5. The first-order valence-corrected chi connectivity index (χ1v) is 7.54. The number of carbonyl (C=O) groups excluding carboxylic acids is 1. The van der Waals surface area contributed by atoms with Crippen LogP contribution >= 0.6 is 0 Å². The molecule has 0 unspecified atom stereocenters. The van der Waals surface area contributed by atoms with Gasteiger partial charge in [-0.05, 0) is 12.8 Å². The predicted molar refractivity (Wildman–Crippen MR) is 72.3 cm³/mol. The van der Waals surface area contributed by atoms with E-state index in [2.05, 4.69) is 0 Å². The van der Waals surface area contributed by atoms with Gasteiger partial charge in [0.15, 0.2) is 6.79 Å². The van der Waals surface area contributed by atoms with E-state index in [-0.39, 0.29) is 18.9 Å². The molecule has 0 atom stereocenters. The maximum Gasteiger partial charge on any atom is 0.304 e. The highest BCUT2D eigenvalue weighted by Gasteiger charge is 2.10. The molecule has 0 spiro atoms. The van der Waals surface area contributed by atoms with Gasteiger partial charge in [0.25, 0.3) is 0 Å². The second-order valence-corrected chi connectivity index (χ2v) is 5.30. The molecule has 0 aromatic heterocycles. The van der Waals surface area contributed by atoms with Crippen LogP contribution in [0.25, 0.3) is 0 Å². The van der Waals surface area contributed by atoms with E-state index < -0.39 is 0 Å². The third-order valence-electron chi connectivity index (χ3n) is 3.62. The van der Waals surface area contributed by atoms with Crippen LogP contribution in [0.2, 0.25) is 0 Å².